The highest BCUT2D eigenvalue weighted by molar-refractivity contribution is 6.32. The first-order valence-electron chi connectivity index (χ1n) is 7.46. The molecule has 2 aromatic heterocycles. The molecule has 0 saturated carbocycles. The lowest BCUT2D eigenvalue weighted by Gasteiger charge is -2.26. The molecule has 0 radical (unpaired) electrons. The average molecular weight is 354 g/mol. The van der Waals surface area contributed by atoms with Gasteiger partial charge in [-0.3, -0.25) is 4.98 Å². The van der Waals surface area contributed by atoms with Gasteiger partial charge in [0.25, 0.3) is 0 Å². The highest BCUT2D eigenvalue weighted by Crippen LogP contribution is 2.29. The molecular formula is C17H21Cl2N3O. The fraction of sp³-hybridized carbons (Fsp3) is 0.412. The van der Waals surface area contributed by atoms with Crippen LogP contribution < -0.4 is 10.5 Å². The molecule has 0 aliphatic rings. The van der Waals surface area contributed by atoms with Crippen molar-refractivity contribution in [2.75, 3.05) is 6.61 Å². The van der Waals surface area contributed by atoms with Gasteiger partial charge in [0.05, 0.1) is 16.9 Å². The summed E-state index contributed by atoms with van der Waals surface area (Å²) in [6.45, 7) is 6.62. The lowest BCUT2D eigenvalue weighted by Crippen LogP contribution is -2.43. The van der Waals surface area contributed by atoms with Crippen LogP contribution in [0.1, 0.15) is 27.2 Å². The van der Waals surface area contributed by atoms with Gasteiger partial charge in [0.1, 0.15) is 11.8 Å². The fourth-order valence-electron chi connectivity index (χ4n) is 2.48. The van der Waals surface area contributed by atoms with Gasteiger partial charge in [0, 0.05) is 17.3 Å². The summed E-state index contributed by atoms with van der Waals surface area (Å²) in [5, 5.41) is 0.900. The van der Waals surface area contributed by atoms with Gasteiger partial charge in [-0.25, -0.2) is 4.98 Å². The number of ether oxygens (including phenoxy) is 1. The molecule has 0 bridgehead atoms. The Kier molecular flexibility index (Phi) is 5.84. The van der Waals surface area contributed by atoms with E-state index >= 15 is 0 Å². The van der Waals surface area contributed by atoms with Gasteiger partial charge < -0.3 is 10.5 Å². The van der Waals surface area contributed by atoms with Crippen LogP contribution in [0.25, 0.3) is 11.3 Å². The molecule has 0 saturated heterocycles. The van der Waals surface area contributed by atoms with Gasteiger partial charge in [-0.15, -0.1) is 0 Å². The Balaban J connectivity index is 2.11. The molecule has 0 spiro atoms. The Morgan fingerprint density at radius 3 is 2.61 bits per heavy atom. The minimum Gasteiger partial charge on any atom is -0.488 e. The van der Waals surface area contributed by atoms with E-state index in [1.54, 1.807) is 24.5 Å². The molecule has 23 heavy (non-hydrogen) atoms. The predicted octanol–water partition coefficient (Wildman–Crippen LogP) is 4.59. The molecule has 2 rings (SSSR count). The first kappa shape index (κ1) is 18.0. The molecule has 2 heterocycles. The second-order valence-electron chi connectivity index (χ2n) is 6.41. The zero-order valence-corrected chi connectivity index (χ0v) is 15.0. The number of nitrogens with zero attached hydrogens (tertiary/aromatic N) is 2. The maximum Gasteiger partial charge on any atom is 0.156 e. The van der Waals surface area contributed by atoms with E-state index in [4.69, 9.17) is 33.7 Å². The van der Waals surface area contributed by atoms with Gasteiger partial charge in [0.2, 0.25) is 0 Å². The lowest BCUT2D eigenvalue weighted by atomic mass is 9.93. The highest BCUT2D eigenvalue weighted by atomic mass is 35.5. The summed E-state index contributed by atoms with van der Waals surface area (Å²) >= 11 is 12.2. The maximum atomic E-state index is 6.30. The van der Waals surface area contributed by atoms with Gasteiger partial charge >= 0.3 is 0 Å². The molecule has 0 aliphatic heterocycles. The van der Waals surface area contributed by atoms with E-state index in [1.165, 1.54) is 0 Å². The molecule has 0 unspecified atom stereocenters. The lowest BCUT2D eigenvalue weighted by molar-refractivity contribution is 0.206. The zero-order valence-electron chi connectivity index (χ0n) is 13.5. The van der Waals surface area contributed by atoms with Gasteiger partial charge in [0.15, 0.2) is 5.75 Å². The van der Waals surface area contributed by atoms with E-state index in [9.17, 15) is 0 Å². The van der Waals surface area contributed by atoms with E-state index in [0.29, 0.717) is 34.1 Å². The molecule has 2 N–H and O–H groups in total. The molecule has 124 valence electrons. The van der Waals surface area contributed by atoms with E-state index in [1.807, 2.05) is 13.0 Å². The second kappa shape index (κ2) is 7.47. The van der Waals surface area contributed by atoms with Crippen molar-refractivity contribution in [2.45, 2.75) is 32.7 Å². The molecule has 4 nitrogen and oxygen atoms in total. The van der Waals surface area contributed by atoms with Gasteiger partial charge in [-0.2, -0.15) is 0 Å². The summed E-state index contributed by atoms with van der Waals surface area (Å²) in [4.78, 5) is 8.33. The fourth-order valence-corrected chi connectivity index (χ4v) is 2.86. The number of aromatic nitrogens is 2. The van der Waals surface area contributed by atoms with Crippen molar-refractivity contribution in [3.63, 3.8) is 0 Å². The van der Waals surface area contributed by atoms with Crippen LogP contribution in [0, 0.1) is 5.92 Å². The van der Waals surface area contributed by atoms with Crippen molar-refractivity contribution < 1.29 is 4.74 Å². The van der Waals surface area contributed by atoms with Crippen LogP contribution in [-0.2, 0) is 0 Å². The summed E-state index contributed by atoms with van der Waals surface area (Å²) < 4.78 is 5.76. The summed E-state index contributed by atoms with van der Waals surface area (Å²) in [5.74, 6) is 1.03. The van der Waals surface area contributed by atoms with E-state index in [-0.39, 0.29) is 0 Å². The number of pyridine rings is 2. The smallest absolute Gasteiger partial charge is 0.156 e. The third-order valence-corrected chi connectivity index (χ3v) is 3.78. The Hall–Kier alpha value is -1.36. The summed E-state index contributed by atoms with van der Waals surface area (Å²) in [6, 6.07) is 5.31. The molecular weight excluding hydrogens is 333 g/mol. The third-order valence-electron chi connectivity index (χ3n) is 3.27. The Labute approximate surface area is 147 Å². The molecule has 0 aromatic carbocycles. The SMILES string of the molecule is CC(C)C[C@](C)(N)COc1cnc(-c2ccnc(Cl)c2)cc1Cl. The zero-order chi connectivity index (χ0) is 17.0. The number of hydrogen-bond donors (Lipinski definition) is 1. The van der Waals surface area contributed by atoms with Gasteiger partial charge in [-0.05, 0) is 37.5 Å². The monoisotopic (exact) mass is 353 g/mol. The van der Waals surface area contributed by atoms with E-state index in [0.717, 1.165) is 12.0 Å². The standard InChI is InChI=1S/C17H21Cl2N3O/c1-11(2)8-17(3,20)10-23-15-9-22-14(7-13(15)18)12-4-5-21-16(19)6-12/h4-7,9,11H,8,10,20H2,1-3H3/t17-/m0/s1. The number of halogens is 2. The Morgan fingerprint density at radius 1 is 1.26 bits per heavy atom. The van der Waals surface area contributed by atoms with Crippen LogP contribution in [0.15, 0.2) is 30.6 Å². The normalized spacial score (nSPS) is 13.9. The number of nitrogens with two attached hydrogens (primary N) is 1. The minimum atomic E-state index is -0.408. The summed E-state index contributed by atoms with van der Waals surface area (Å²) in [5.41, 5.74) is 7.40. The number of rotatable bonds is 6. The van der Waals surface area contributed by atoms with E-state index < -0.39 is 5.54 Å². The minimum absolute atomic E-state index is 0.382. The quantitative estimate of drug-likeness (QED) is 0.771. The van der Waals surface area contributed by atoms with Crippen molar-refractivity contribution in [2.24, 2.45) is 11.7 Å². The molecule has 0 fully saturated rings. The van der Waals surface area contributed by atoms with Crippen molar-refractivity contribution in [3.8, 4) is 17.0 Å². The average Bonchev–Trinajstić information content (AvgIpc) is 2.44. The van der Waals surface area contributed by atoms with Crippen LogP contribution in [0.3, 0.4) is 0 Å². The maximum absolute atomic E-state index is 6.30. The van der Waals surface area contributed by atoms with Crippen molar-refractivity contribution >= 4 is 23.2 Å². The highest BCUT2D eigenvalue weighted by Gasteiger charge is 2.21. The topological polar surface area (TPSA) is 61.0 Å². The van der Waals surface area contributed by atoms with Crippen molar-refractivity contribution in [1.82, 2.24) is 9.97 Å². The third kappa shape index (κ3) is 5.34. The molecule has 0 aliphatic carbocycles. The van der Waals surface area contributed by atoms with Crippen molar-refractivity contribution in [3.05, 3.63) is 40.8 Å². The second-order valence-corrected chi connectivity index (χ2v) is 7.20. The largest absolute Gasteiger partial charge is 0.488 e. The molecule has 1 atom stereocenters. The molecule has 0 amide bonds. The molecule has 2 aromatic rings. The van der Waals surface area contributed by atoms with Crippen LogP contribution in [0.2, 0.25) is 10.2 Å². The first-order chi connectivity index (χ1) is 10.8. The van der Waals surface area contributed by atoms with Crippen LogP contribution in [0.4, 0.5) is 0 Å². The predicted molar refractivity (Wildman–Crippen MR) is 95.0 cm³/mol. The van der Waals surface area contributed by atoms with E-state index in [2.05, 4.69) is 23.8 Å². The summed E-state index contributed by atoms with van der Waals surface area (Å²) in [6.07, 6.45) is 4.10. The van der Waals surface area contributed by atoms with Crippen LogP contribution >= 0.6 is 23.2 Å². The van der Waals surface area contributed by atoms with Crippen LogP contribution in [-0.4, -0.2) is 22.1 Å². The van der Waals surface area contributed by atoms with Gasteiger partial charge in [-0.1, -0.05) is 37.0 Å². The van der Waals surface area contributed by atoms with Crippen molar-refractivity contribution in [1.29, 1.82) is 0 Å². The number of hydrogen-bond acceptors (Lipinski definition) is 4. The first-order valence-corrected chi connectivity index (χ1v) is 8.21. The molecule has 6 heteroatoms. The van der Waals surface area contributed by atoms with Crippen LogP contribution in [0.5, 0.6) is 5.75 Å². The Bertz CT molecular complexity index is 675. The summed E-state index contributed by atoms with van der Waals surface area (Å²) in [7, 11) is 0. The Morgan fingerprint density at radius 2 is 2.00 bits per heavy atom.